The van der Waals surface area contributed by atoms with Gasteiger partial charge in [-0.25, -0.2) is 9.50 Å². The first-order valence-electron chi connectivity index (χ1n) is 7.64. The Hall–Kier alpha value is -3.20. The molecule has 0 saturated carbocycles. The lowest BCUT2D eigenvalue weighted by Gasteiger charge is -2.25. The van der Waals surface area contributed by atoms with E-state index < -0.39 is 0 Å². The van der Waals surface area contributed by atoms with Crippen LogP contribution in [0.15, 0.2) is 36.7 Å². The molecule has 118 valence electrons. The predicted octanol–water partition coefficient (Wildman–Crippen LogP) is 2.52. The standard InChI is InChI=1S/C18H14N4O2/c1-24-17-5-3-2-4-13(17)11-6-15-14(16(23)7-11)10-20-18-12(8-19)9-21-22(15)18/h2-5,9-11H,6-7H2,1H3. The zero-order chi connectivity index (χ0) is 16.7. The third-order valence-corrected chi connectivity index (χ3v) is 4.50. The summed E-state index contributed by atoms with van der Waals surface area (Å²) in [6, 6.07) is 9.83. The highest BCUT2D eigenvalue weighted by Crippen LogP contribution is 2.36. The lowest BCUT2D eigenvalue weighted by Crippen LogP contribution is -2.22. The number of fused-ring (bicyclic) bond motifs is 3. The highest BCUT2D eigenvalue weighted by molar-refractivity contribution is 5.98. The van der Waals surface area contributed by atoms with Gasteiger partial charge in [0, 0.05) is 18.5 Å². The largest absolute Gasteiger partial charge is 0.496 e. The van der Waals surface area contributed by atoms with Crippen LogP contribution in [0.3, 0.4) is 0 Å². The van der Waals surface area contributed by atoms with Crippen molar-refractivity contribution in [3.63, 3.8) is 0 Å². The van der Waals surface area contributed by atoms with Crippen LogP contribution >= 0.6 is 0 Å². The van der Waals surface area contributed by atoms with E-state index in [9.17, 15) is 4.79 Å². The van der Waals surface area contributed by atoms with E-state index in [0.29, 0.717) is 29.6 Å². The summed E-state index contributed by atoms with van der Waals surface area (Å²) >= 11 is 0. The molecule has 0 amide bonds. The van der Waals surface area contributed by atoms with Gasteiger partial charge in [0.25, 0.3) is 0 Å². The Labute approximate surface area is 138 Å². The van der Waals surface area contributed by atoms with Crippen LogP contribution in [0.2, 0.25) is 0 Å². The first-order chi connectivity index (χ1) is 11.7. The van der Waals surface area contributed by atoms with Gasteiger partial charge in [0.2, 0.25) is 0 Å². The minimum absolute atomic E-state index is 0.0153. The van der Waals surface area contributed by atoms with Crippen LogP contribution in [0.1, 0.15) is 39.5 Å². The monoisotopic (exact) mass is 318 g/mol. The number of ether oxygens (including phenoxy) is 1. The van der Waals surface area contributed by atoms with Crippen molar-refractivity contribution in [2.45, 2.75) is 18.8 Å². The van der Waals surface area contributed by atoms with Crippen LogP contribution in [-0.4, -0.2) is 27.5 Å². The third-order valence-electron chi connectivity index (χ3n) is 4.50. The van der Waals surface area contributed by atoms with Crippen molar-refractivity contribution >= 4 is 11.4 Å². The fraction of sp³-hybridized carbons (Fsp3) is 0.222. The summed E-state index contributed by atoms with van der Waals surface area (Å²) in [4.78, 5) is 16.8. The summed E-state index contributed by atoms with van der Waals surface area (Å²) in [5.74, 6) is 0.833. The number of aromatic nitrogens is 3. The van der Waals surface area contributed by atoms with Crippen molar-refractivity contribution < 1.29 is 9.53 Å². The Bertz CT molecular complexity index is 1000. The molecule has 0 bridgehead atoms. The Balaban J connectivity index is 1.86. The van der Waals surface area contributed by atoms with E-state index >= 15 is 0 Å². The van der Waals surface area contributed by atoms with E-state index in [1.165, 1.54) is 6.20 Å². The van der Waals surface area contributed by atoms with E-state index in [0.717, 1.165) is 17.0 Å². The molecule has 1 aliphatic carbocycles. The number of rotatable bonds is 2. The molecule has 24 heavy (non-hydrogen) atoms. The van der Waals surface area contributed by atoms with Crippen LogP contribution in [0, 0.1) is 11.3 Å². The van der Waals surface area contributed by atoms with Gasteiger partial charge in [-0.15, -0.1) is 0 Å². The SMILES string of the molecule is COc1ccccc1C1CC(=O)c2cnc3c(C#N)cnn3c2C1. The number of ketones is 1. The van der Waals surface area contributed by atoms with Crippen molar-refractivity contribution in [1.29, 1.82) is 5.26 Å². The first-order valence-corrected chi connectivity index (χ1v) is 7.64. The Morgan fingerprint density at radius 1 is 1.29 bits per heavy atom. The van der Waals surface area contributed by atoms with Gasteiger partial charge < -0.3 is 4.74 Å². The fourth-order valence-corrected chi connectivity index (χ4v) is 3.35. The van der Waals surface area contributed by atoms with E-state index in [2.05, 4.69) is 16.2 Å². The average molecular weight is 318 g/mol. The predicted molar refractivity (Wildman–Crippen MR) is 86.1 cm³/mol. The molecule has 6 heteroatoms. The number of methoxy groups -OCH3 is 1. The molecule has 3 aromatic rings. The van der Waals surface area contributed by atoms with Gasteiger partial charge in [0.15, 0.2) is 11.4 Å². The molecule has 1 aromatic carbocycles. The van der Waals surface area contributed by atoms with Gasteiger partial charge in [-0.05, 0) is 18.1 Å². The van der Waals surface area contributed by atoms with Gasteiger partial charge in [-0.2, -0.15) is 10.4 Å². The van der Waals surface area contributed by atoms with Crippen molar-refractivity contribution in [1.82, 2.24) is 14.6 Å². The van der Waals surface area contributed by atoms with Crippen molar-refractivity contribution in [2.75, 3.05) is 7.11 Å². The number of carbonyl (C=O) groups excluding carboxylic acids is 1. The smallest absolute Gasteiger partial charge is 0.173 e. The zero-order valence-corrected chi connectivity index (χ0v) is 13.1. The average Bonchev–Trinajstić information content (AvgIpc) is 3.05. The Morgan fingerprint density at radius 3 is 2.92 bits per heavy atom. The molecule has 1 atom stereocenters. The van der Waals surface area contributed by atoms with Crippen LogP contribution in [-0.2, 0) is 6.42 Å². The summed E-state index contributed by atoms with van der Waals surface area (Å²) in [6.07, 6.45) is 4.10. The van der Waals surface area contributed by atoms with Crippen LogP contribution in [0.5, 0.6) is 5.75 Å². The van der Waals surface area contributed by atoms with Crippen molar-refractivity contribution in [2.24, 2.45) is 0 Å². The molecule has 0 radical (unpaired) electrons. The van der Waals surface area contributed by atoms with E-state index in [1.807, 2.05) is 24.3 Å². The maximum absolute atomic E-state index is 12.6. The lowest BCUT2D eigenvalue weighted by atomic mass is 9.81. The third kappa shape index (κ3) is 2.06. The highest BCUT2D eigenvalue weighted by atomic mass is 16.5. The maximum Gasteiger partial charge on any atom is 0.173 e. The molecule has 0 saturated heterocycles. The number of hydrogen-bond acceptors (Lipinski definition) is 5. The molecule has 1 aliphatic rings. The molecule has 1 unspecified atom stereocenters. The van der Waals surface area contributed by atoms with E-state index in [-0.39, 0.29) is 11.7 Å². The number of nitriles is 1. The summed E-state index contributed by atoms with van der Waals surface area (Å²) in [6.45, 7) is 0. The van der Waals surface area contributed by atoms with Crippen molar-refractivity contribution in [3.05, 3.63) is 59.0 Å². The molecule has 0 fully saturated rings. The fourth-order valence-electron chi connectivity index (χ4n) is 3.35. The van der Waals surface area contributed by atoms with Crippen molar-refractivity contribution in [3.8, 4) is 11.8 Å². The molecular weight excluding hydrogens is 304 g/mol. The summed E-state index contributed by atoms with van der Waals surface area (Å²) in [7, 11) is 1.63. The molecule has 0 N–H and O–H groups in total. The van der Waals surface area contributed by atoms with Crippen LogP contribution < -0.4 is 4.74 Å². The number of carbonyl (C=O) groups is 1. The normalized spacial score (nSPS) is 16.7. The molecule has 4 rings (SSSR count). The van der Waals surface area contributed by atoms with E-state index in [1.54, 1.807) is 17.8 Å². The maximum atomic E-state index is 12.6. The number of Topliss-reactive ketones (excluding diaryl/α,β-unsaturated/α-hetero) is 1. The minimum atomic E-state index is 0.0153. The molecule has 6 nitrogen and oxygen atoms in total. The summed E-state index contributed by atoms with van der Waals surface area (Å²) < 4.78 is 7.06. The van der Waals surface area contributed by atoms with Gasteiger partial charge in [-0.3, -0.25) is 4.79 Å². The zero-order valence-electron chi connectivity index (χ0n) is 13.1. The topological polar surface area (TPSA) is 80.3 Å². The van der Waals surface area contributed by atoms with Gasteiger partial charge in [0.05, 0.1) is 24.6 Å². The summed E-state index contributed by atoms with van der Waals surface area (Å²) in [5.41, 5.74) is 3.29. The number of para-hydroxylation sites is 1. The quantitative estimate of drug-likeness (QED) is 0.725. The highest BCUT2D eigenvalue weighted by Gasteiger charge is 2.30. The molecule has 0 spiro atoms. The van der Waals surface area contributed by atoms with E-state index in [4.69, 9.17) is 10.00 Å². The molecule has 2 heterocycles. The molecular formula is C18H14N4O2. The molecule has 0 aliphatic heterocycles. The number of hydrogen-bond donors (Lipinski definition) is 0. The lowest BCUT2D eigenvalue weighted by molar-refractivity contribution is 0.0961. The Morgan fingerprint density at radius 2 is 2.12 bits per heavy atom. The Kier molecular flexibility index (Phi) is 3.28. The first kappa shape index (κ1) is 14.4. The minimum Gasteiger partial charge on any atom is -0.496 e. The number of nitrogens with zero attached hydrogens (tertiary/aromatic N) is 4. The second kappa shape index (κ2) is 5.46. The molecule has 2 aromatic heterocycles. The summed E-state index contributed by atoms with van der Waals surface area (Å²) in [5, 5.41) is 13.4. The second-order valence-corrected chi connectivity index (χ2v) is 5.79. The van der Waals surface area contributed by atoms with Crippen LogP contribution in [0.25, 0.3) is 5.65 Å². The van der Waals surface area contributed by atoms with Crippen LogP contribution in [0.4, 0.5) is 0 Å². The second-order valence-electron chi connectivity index (χ2n) is 5.79. The van der Waals surface area contributed by atoms with Gasteiger partial charge in [-0.1, -0.05) is 18.2 Å². The van der Waals surface area contributed by atoms with Gasteiger partial charge in [0.1, 0.15) is 17.4 Å². The number of benzene rings is 1. The van der Waals surface area contributed by atoms with Gasteiger partial charge >= 0.3 is 0 Å².